The van der Waals surface area contributed by atoms with Crippen molar-refractivity contribution in [2.24, 2.45) is 0 Å². The number of benzene rings is 2. The van der Waals surface area contributed by atoms with E-state index in [0.717, 1.165) is 12.8 Å². The SMILES string of the molecule is CC(=O)N1c2ccc(S(=O)(=O)N3CCCC3)cc2CC1C(=O)Nc1ccc2c(c1)OCCO2. The number of nitrogens with zero attached hydrogens (tertiary/aromatic N) is 2. The molecule has 3 heterocycles. The molecule has 1 atom stereocenters. The summed E-state index contributed by atoms with van der Waals surface area (Å²) in [6.07, 6.45) is 1.93. The number of carbonyl (C=O) groups excluding carboxylic acids is 2. The van der Waals surface area contributed by atoms with Crippen molar-refractivity contribution in [1.29, 1.82) is 0 Å². The van der Waals surface area contributed by atoms with Crippen molar-refractivity contribution in [3.8, 4) is 11.5 Å². The minimum atomic E-state index is -3.59. The number of sulfonamides is 1. The fourth-order valence-electron chi connectivity index (χ4n) is 4.61. The standard InChI is InChI=1S/C23H25N3O6S/c1-15(27)26-19-6-5-18(33(29,30)25-8-2-3-9-25)12-16(19)13-20(26)23(28)24-17-4-7-21-22(14-17)32-11-10-31-21/h4-7,12,14,20H,2-3,8-11,13H2,1H3,(H,24,28). The average Bonchev–Trinajstić information content (AvgIpc) is 3.47. The number of rotatable bonds is 4. The summed E-state index contributed by atoms with van der Waals surface area (Å²) in [5.74, 6) is 0.520. The molecule has 33 heavy (non-hydrogen) atoms. The van der Waals surface area contributed by atoms with Gasteiger partial charge in [-0.25, -0.2) is 8.42 Å². The monoisotopic (exact) mass is 471 g/mol. The molecule has 10 heteroatoms. The van der Waals surface area contributed by atoms with E-state index >= 15 is 0 Å². The van der Waals surface area contributed by atoms with Gasteiger partial charge >= 0.3 is 0 Å². The molecule has 0 aliphatic carbocycles. The van der Waals surface area contributed by atoms with Crippen LogP contribution in [-0.2, 0) is 26.0 Å². The molecule has 5 rings (SSSR count). The Morgan fingerprint density at radius 3 is 2.45 bits per heavy atom. The first-order valence-corrected chi connectivity index (χ1v) is 12.4. The van der Waals surface area contributed by atoms with Crippen molar-refractivity contribution in [2.45, 2.75) is 37.1 Å². The topological polar surface area (TPSA) is 105 Å². The van der Waals surface area contributed by atoms with Gasteiger partial charge in [0, 0.05) is 43.9 Å². The molecule has 0 radical (unpaired) electrons. The number of carbonyl (C=O) groups is 2. The summed E-state index contributed by atoms with van der Waals surface area (Å²) in [5, 5.41) is 2.85. The van der Waals surface area contributed by atoms with Crippen LogP contribution in [0.1, 0.15) is 25.3 Å². The average molecular weight is 472 g/mol. The van der Waals surface area contributed by atoms with E-state index in [2.05, 4.69) is 5.32 Å². The second-order valence-corrected chi connectivity index (χ2v) is 10.3. The van der Waals surface area contributed by atoms with E-state index in [1.54, 1.807) is 30.3 Å². The van der Waals surface area contributed by atoms with Crippen LogP contribution in [-0.4, -0.2) is 56.9 Å². The number of amides is 2. The fraction of sp³-hybridized carbons (Fsp3) is 0.391. The van der Waals surface area contributed by atoms with Gasteiger partial charge < -0.3 is 14.8 Å². The van der Waals surface area contributed by atoms with Crippen LogP contribution < -0.4 is 19.7 Å². The van der Waals surface area contributed by atoms with Crippen LogP contribution in [0, 0.1) is 0 Å². The number of hydrogen-bond acceptors (Lipinski definition) is 6. The van der Waals surface area contributed by atoms with Crippen LogP contribution in [0.2, 0.25) is 0 Å². The van der Waals surface area contributed by atoms with E-state index < -0.39 is 16.1 Å². The van der Waals surface area contributed by atoms with Gasteiger partial charge in [-0.2, -0.15) is 4.31 Å². The minimum Gasteiger partial charge on any atom is -0.486 e. The van der Waals surface area contributed by atoms with Crippen LogP contribution in [0.15, 0.2) is 41.3 Å². The Hall–Kier alpha value is -3.11. The Labute approximate surface area is 192 Å². The molecule has 9 nitrogen and oxygen atoms in total. The summed E-state index contributed by atoms with van der Waals surface area (Å²) in [4.78, 5) is 27.2. The Kier molecular flexibility index (Phi) is 5.49. The van der Waals surface area contributed by atoms with Crippen molar-refractivity contribution in [3.05, 3.63) is 42.0 Å². The third-order valence-corrected chi connectivity index (χ3v) is 8.08. The molecule has 1 unspecified atom stereocenters. The zero-order valence-corrected chi connectivity index (χ0v) is 19.1. The third kappa shape index (κ3) is 3.93. The maximum absolute atomic E-state index is 13.2. The molecule has 0 saturated carbocycles. The maximum atomic E-state index is 13.2. The second-order valence-electron chi connectivity index (χ2n) is 8.36. The highest BCUT2D eigenvalue weighted by atomic mass is 32.2. The minimum absolute atomic E-state index is 0.194. The van der Waals surface area contributed by atoms with Crippen LogP contribution in [0.4, 0.5) is 11.4 Å². The number of nitrogens with one attached hydrogen (secondary N) is 1. The van der Waals surface area contributed by atoms with Gasteiger partial charge in [-0.15, -0.1) is 0 Å². The zero-order valence-electron chi connectivity index (χ0n) is 18.2. The summed E-state index contributed by atoms with van der Waals surface area (Å²) >= 11 is 0. The normalized spacial score (nSPS) is 19.9. The number of fused-ring (bicyclic) bond motifs is 2. The van der Waals surface area contributed by atoms with Gasteiger partial charge in [0.1, 0.15) is 19.3 Å². The molecular weight excluding hydrogens is 446 g/mol. The number of hydrogen-bond donors (Lipinski definition) is 1. The van der Waals surface area contributed by atoms with E-state index in [-0.39, 0.29) is 23.1 Å². The Bertz CT molecular complexity index is 1220. The lowest BCUT2D eigenvalue weighted by atomic mass is 10.1. The fourth-order valence-corrected chi connectivity index (χ4v) is 6.18. The summed E-state index contributed by atoms with van der Waals surface area (Å²) in [5.41, 5.74) is 1.75. The first-order chi connectivity index (χ1) is 15.8. The van der Waals surface area contributed by atoms with Crippen molar-refractivity contribution >= 4 is 33.2 Å². The summed E-state index contributed by atoms with van der Waals surface area (Å²) in [6, 6.07) is 9.08. The predicted molar refractivity (Wildman–Crippen MR) is 121 cm³/mol. The van der Waals surface area contributed by atoms with E-state index in [1.165, 1.54) is 22.2 Å². The Morgan fingerprint density at radius 2 is 1.73 bits per heavy atom. The van der Waals surface area contributed by atoms with Gasteiger partial charge in [-0.1, -0.05) is 0 Å². The van der Waals surface area contributed by atoms with Gasteiger partial charge in [0.05, 0.1) is 4.90 Å². The lowest BCUT2D eigenvalue weighted by Crippen LogP contribution is -2.44. The van der Waals surface area contributed by atoms with Crippen LogP contribution in [0.5, 0.6) is 11.5 Å². The largest absolute Gasteiger partial charge is 0.486 e. The molecule has 2 aromatic carbocycles. The van der Waals surface area contributed by atoms with Crippen LogP contribution in [0.25, 0.3) is 0 Å². The highest BCUT2D eigenvalue weighted by Crippen LogP contribution is 2.37. The molecule has 2 amide bonds. The maximum Gasteiger partial charge on any atom is 0.247 e. The molecule has 3 aliphatic rings. The molecule has 1 saturated heterocycles. The van der Waals surface area contributed by atoms with Gasteiger partial charge in [-0.05, 0) is 48.7 Å². The quantitative estimate of drug-likeness (QED) is 0.733. The third-order valence-electron chi connectivity index (χ3n) is 6.19. The van der Waals surface area contributed by atoms with E-state index in [9.17, 15) is 18.0 Å². The van der Waals surface area contributed by atoms with Crippen molar-refractivity contribution in [1.82, 2.24) is 4.31 Å². The lowest BCUT2D eigenvalue weighted by Gasteiger charge is -2.24. The molecule has 2 aromatic rings. The lowest BCUT2D eigenvalue weighted by molar-refractivity contribution is -0.122. The molecular formula is C23H25N3O6S. The first kappa shape index (κ1) is 21.7. The van der Waals surface area contributed by atoms with E-state index in [4.69, 9.17) is 9.47 Å². The van der Waals surface area contributed by atoms with Crippen molar-refractivity contribution in [2.75, 3.05) is 36.5 Å². The Morgan fingerprint density at radius 1 is 1.00 bits per heavy atom. The van der Waals surface area contributed by atoms with Crippen LogP contribution in [0.3, 0.4) is 0 Å². The Balaban J connectivity index is 1.39. The molecule has 0 spiro atoms. The van der Waals surface area contributed by atoms with Gasteiger partial charge in [0.15, 0.2) is 11.5 Å². The number of anilines is 2. The van der Waals surface area contributed by atoms with E-state index in [1.807, 2.05) is 0 Å². The molecule has 0 bridgehead atoms. The number of ether oxygens (including phenoxy) is 2. The molecule has 174 valence electrons. The molecule has 1 N–H and O–H groups in total. The zero-order chi connectivity index (χ0) is 23.2. The van der Waals surface area contributed by atoms with Gasteiger partial charge in [0.25, 0.3) is 0 Å². The summed E-state index contributed by atoms with van der Waals surface area (Å²) in [6.45, 7) is 3.33. The smallest absolute Gasteiger partial charge is 0.247 e. The van der Waals surface area contributed by atoms with Crippen molar-refractivity contribution < 1.29 is 27.5 Å². The second kappa shape index (κ2) is 8.35. The summed E-state index contributed by atoms with van der Waals surface area (Å²) < 4.78 is 38.5. The van der Waals surface area contributed by atoms with E-state index in [0.29, 0.717) is 54.7 Å². The predicted octanol–water partition coefficient (Wildman–Crippen LogP) is 2.16. The van der Waals surface area contributed by atoms with Gasteiger partial charge in [-0.3, -0.25) is 14.5 Å². The van der Waals surface area contributed by atoms with Gasteiger partial charge in [0.2, 0.25) is 21.8 Å². The molecule has 3 aliphatic heterocycles. The van der Waals surface area contributed by atoms with Crippen molar-refractivity contribution in [3.63, 3.8) is 0 Å². The first-order valence-electron chi connectivity index (χ1n) is 11.0. The van der Waals surface area contributed by atoms with Crippen LogP contribution >= 0.6 is 0 Å². The highest BCUT2D eigenvalue weighted by Gasteiger charge is 2.38. The molecule has 0 aromatic heterocycles. The molecule has 1 fully saturated rings. The highest BCUT2D eigenvalue weighted by molar-refractivity contribution is 7.89. The summed E-state index contributed by atoms with van der Waals surface area (Å²) in [7, 11) is -3.59.